The van der Waals surface area contributed by atoms with Crippen molar-refractivity contribution in [1.29, 1.82) is 0 Å². The number of carbonyl (C=O) groups excluding carboxylic acids is 1. The number of nitrogens with zero attached hydrogens (tertiary/aromatic N) is 2. The molecule has 1 aromatic rings. The number of hydrogen-bond acceptors (Lipinski definition) is 3. The highest BCUT2D eigenvalue weighted by Crippen LogP contribution is 2.02. The van der Waals surface area contributed by atoms with Crippen LogP contribution in [-0.4, -0.2) is 16.1 Å². The van der Waals surface area contributed by atoms with Gasteiger partial charge in [0.15, 0.2) is 5.69 Å². The molecule has 0 aromatic carbocycles. The average molecular weight is 151 g/mol. The van der Waals surface area contributed by atoms with Crippen LogP contribution >= 0.6 is 0 Å². The first-order valence-corrected chi connectivity index (χ1v) is 3.22. The third kappa shape index (κ3) is 1.52. The molecule has 1 rings (SSSR count). The highest BCUT2D eigenvalue weighted by molar-refractivity contribution is 5.91. The van der Waals surface area contributed by atoms with Crippen LogP contribution in [0.4, 0.5) is 0 Å². The zero-order valence-corrected chi connectivity index (χ0v) is 6.46. The Kier molecular flexibility index (Phi) is 1.85. The largest absolute Gasteiger partial charge is 0.364 e. The van der Waals surface area contributed by atoms with Crippen molar-refractivity contribution >= 4 is 5.91 Å². The molecule has 11 heavy (non-hydrogen) atoms. The normalized spacial score (nSPS) is 9.64. The minimum absolute atomic E-state index is 0.246. The maximum absolute atomic E-state index is 10.7. The quantitative estimate of drug-likeness (QED) is 0.623. The Balaban J connectivity index is 3.20. The molecule has 4 heteroatoms. The van der Waals surface area contributed by atoms with Gasteiger partial charge in [-0.15, -0.1) is 5.10 Å². The van der Waals surface area contributed by atoms with Gasteiger partial charge in [0.25, 0.3) is 5.91 Å². The van der Waals surface area contributed by atoms with Crippen LogP contribution in [0.5, 0.6) is 0 Å². The van der Waals surface area contributed by atoms with Crippen LogP contribution in [0.3, 0.4) is 0 Å². The van der Waals surface area contributed by atoms with Crippen molar-refractivity contribution in [1.82, 2.24) is 10.2 Å². The Morgan fingerprint density at radius 1 is 1.45 bits per heavy atom. The van der Waals surface area contributed by atoms with Crippen molar-refractivity contribution < 1.29 is 4.79 Å². The average Bonchev–Trinajstić information content (AvgIpc) is 1.85. The summed E-state index contributed by atoms with van der Waals surface area (Å²) < 4.78 is 0. The molecule has 0 aliphatic rings. The van der Waals surface area contributed by atoms with E-state index < -0.39 is 5.91 Å². The van der Waals surface area contributed by atoms with Gasteiger partial charge in [-0.05, 0) is 25.5 Å². The maximum atomic E-state index is 10.7. The Bertz CT molecular complexity index is 296. The van der Waals surface area contributed by atoms with Gasteiger partial charge in [0.05, 0.1) is 5.69 Å². The number of carbonyl (C=O) groups is 1. The Morgan fingerprint density at radius 2 is 2.09 bits per heavy atom. The number of amides is 1. The molecular weight excluding hydrogens is 142 g/mol. The predicted octanol–water partition coefficient (Wildman–Crippen LogP) is 0.192. The predicted molar refractivity (Wildman–Crippen MR) is 40.0 cm³/mol. The molecule has 0 saturated carbocycles. The first-order chi connectivity index (χ1) is 5.11. The second kappa shape index (κ2) is 2.65. The molecule has 0 saturated heterocycles. The number of nitrogens with two attached hydrogens (primary N) is 1. The third-order valence-electron chi connectivity index (χ3n) is 1.34. The minimum Gasteiger partial charge on any atom is -0.364 e. The second-order valence-electron chi connectivity index (χ2n) is 2.38. The van der Waals surface area contributed by atoms with Crippen molar-refractivity contribution in [3.05, 3.63) is 23.0 Å². The van der Waals surface area contributed by atoms with E-state index in [0.29, 0.717) is 0 Å². The molecule has 58 valence electrons. The van der Waals surface area contributed by atoms with Gasteiger partial charge in [0, 0.05) is 0 Å². The number of aryl methyl sites for hydroxylation is 2. The van der Waals surface area contributed by atoms with Gasteiger partial charge >= 0.3 is 0 Å². The smallest absolute Gasteiger partial charge is 0.269 e. The molecule has 4 nitrogen and oxygen atoms in total. The van der Waals surface area contributed by atoms with Crippen molar-refractivity contribution in [3.8, 4) is 0 Å². The topological polar surface area (TPSA) is 68.9 Å². The molecule has 0 fully saturated rings. The van der Waals surface area contributed by atoms with Crippen molar-refractivity contribution in [2.24, 2.45) is 5.73 Å². The highest BCUT2D eigenvalue weighted by Gasteiger charge is 2.06. The number of hydrogen-bond donors (Lipinski definition) is 1. The lowest BCUT2D eigenvalue weighted by atomic mass is 10.2. The van der Waals surface area contributed by atoms with Crippen LogP contribution < -0.4 is 5.73 Å². The summed E-state index contributed by atoms with van der Waals surface area (Å²) >= 11 is 0. The van der Waals surface area contributed by atoms with Gasteiger partial charge in [-0.1, -0.05) is 0 Å². The summed E-state index contributed by atoms with van der Waals surface area (Å²) in [6, 6.07) is 1.77. The van der Waals surface area contributed by atoms with E-state index in [1.54, 1.807) is 13.0 Å². The first kappa shape index (κ1) is 7.65. The van der Waals surface area contributed by atoms with E-state index in [0.717, 1.165) is 11.3 Å². The van der Waals surface area contributed by atoms with Crippen LogP contribution in [0, 0.1) is 13.8 Å². The summed E-state index contributed by atoms with van der Waals surface area (Å²) in [5.41, 5.74) is 6.82. The summed E-state index contributed by atoms with van der Waals surface area (Å²) in [5.74, 6) is -0.532. The van der Waals surface area contributed by atoms with Crippen molar-refractivity contribution in [3.63, 3.8) is 0 Å². The second-order valence-corrected chi connectivity index (χ2v) is 2.38. The highest BCUT2D eigenvalue weighted by atomic mass is 16.1. The van der Waals surface area contributed by atoms with Gasteiger partial charge < -0.3 is 5.73 Å². The zero-order valence-electron chi connectivity index (χ0n) is 6.46. The molecule has 2 N–H and O–H groups in total. The molecule has 0 aliphatic carbocycles. The van der Waals surface area contributed by atoms with E-state index >= 15 is 0 Å². The summed E-state index contributed by atoms with van der Waals surface area (Å²) in [5, 5.41) is 7.36. The summed E-state index contributed by atoms with van der Waals surface area (Å²) in [7, 11) is 0. The first-order valence-electron chi connectivity index (χ1n) is 3.22. The fourth-order valence-corrected chi connectivity index (χ4v) is 0.862. The van der Waals surface area contributed by atoms with Crippen LogP contribution in [-0.2, 0) is 0 Å². The van der Waals surface area contributed by atoms with Crippen LogP contribution in [0.25, 0.3) is 0 Å². The Morgan fingerprint density at radius 3 is 2.55 bits per heavy atom. The maximum Gasteiger partial charge on any atom is 0.269 e. The van der Waals surface area contributed by atoms with Gasteiger partial charge in [-0.25, -0.2) is 0 Å². The molecule has 0 radical (unpaired) electrons. The van der Waals surface area contributed by atoms with E-state index in [1.807, 2.05) is 6.92 Å². The molecule has 0 bridgehead atoms. The number of rotatable bonds is 1. The van der Waals surface area contributed by atoms with Crippen LogP contribution in [0.1, 0.15) is 21.7 Å². The van der Waals surface area contributed by atoms with Crippen LogP contribution in [0.2, 0.25) is 0 Å². The van der Waals surface area contributed by atoms with Crippen LogP contribution in [0.15, 0.2) is 6.07 Å². The zero-order chi connectivity index (χ0) is 8.43. The summed E-state index contributed by atoms with van der Waals surface area (Å²) in [6.07, 6.45) is 0. The fourth-order valence-electron chi connectivity index (χ4n) is 0.862. The van der Waals surface area contributed by atoms with E-state index in [9.17, 15) is 4.79 Å². The number of primary amides is 1. The molecule has 1 aromatic heterocycles. The van der Waals surface area contributed by atoms with Gasteiger partial charge in [-0.3, -0.25) is 4.79 Å². The van der Waals surface area contributed by atoms with Gasteiger partial charge in [0.2, 0.25) is 0 Å². The molecule has 0 aliphatic heterocycles. The lowest BCUT2D eigenvalue weighted by molar-refractivity contribution is 0.0994. The molecule has 0 unspecified atom stereocenters. The molecule has 0 atom stereocenters. The monoisotopic (exact) mass is 151 g/mol. The van der Waals surface area contributed by atoms with E-state index in [1.165, 1.54) is 0 Å². The lowest BCUT2D eigenvalue weighted by Crippen LogP contribution is -2.15. The van der Waals surface area contributed by atoms with E-state index in [4.69, 9.17) is 5.73 Å². The SMILES string of the molecule is Cc1cc(C)c(C(N)=O)nn1. The fraction of sp³-hybridized carbons (Fsp3) is 0.286. The lowest BCUT2D eigenvalue weighted by Gasteiger charge is -1.98. The third-order valence-corrected chi connectivity index (χ3v) is 1.34. The Hall–Kier alpha value is -1.45. The Labute approximate surface area is 64.4 Å². The molecule has 1 amide bonds. The summed E-state index contributed by atoms with van der Waals surface area (Å²) in [4.78, 5) is 10.7. The van der Waals surface area contributed by atoms with E-state index in [2.05, 4.69) is 10.2 Å². The molecule has 0 spiro atoms. The van der Waals surface area contributed by atoms with Gasteiger partial charge in [-0.2, -0.15) is 5.10 Å². The molecule has 1 heterocycles. The van der Waals surface area contributed by atoms with E-state index in [-0.39, 0.29) is 5.69 Å². The van der Waals surface area contributed by atoms with Crippen molar-refractivity contribution in [2.45, 2.75) is 13.8 Å². The number of aromatic nitrogens is 2. The minimum atomic E-state index is -0.532. The van der Waals surface area contributed by atoms with Gasteiger partial charge in [0.1, 0.15) is 0 Å². The summed E-state index contributed by atoms with van der Waals surface area (Å²) in [6.45, 7) is 3.59. The standard InChI is InChI=1S/C7H9N3O/c1-4-3-5(2)9-10-6(4)7(8)11/h3H,1-2H3,(H2,8,11). The molecular formula is C7H9N3O. The van der Waals surface area contributed by atoms with Crippen molar-refractivity contribution in [2.75, 3.05) is 0 Å².